The van der Waals surface area contributed by atoms with Crippen LogP contribution in [0.5, 0.6) is 0 Å². The van der Waals surface area contributed by atoms with Crippen molar-refractivity contribution >= 4 is 5.78 Å². The fourth-order valence-corrected chi connectivity index (χ4v) is 1.45. The van der Waals surface area contributed by atoms with Gasteiger partial charge < -0.3 is 9.69 Å². The van der Waals surface area contributed by atoms with E-state index in [0.717, 1.165) is 13.0 Å². The molecule has 0 atom stereocenters. The van der Waals surface area contributed by atoms with E-state index in [0.29, 0.717) is 12.2 Å². The molecule has 12 heavy (non-hydrogen) atoms. The second-order valence-corrected chi connectivity index (χ2v) is 4.60. The number of carbonyl (C=O) groups is 1. The van der Waals surface area contributed by atoms with Gasteiger partial charge in [-0.15, -0.1) is 0 Å². The number of carbonyl (C=O) groups excluding carboxylic acids is 1. The first-order chi connectivity index (χ1) is 5.33. The first-order valence-corrected chi connectivity index (χ1v) is 4.48. The normalized spacial score (nSPS) is 12.2. The van der Waals surface area contributed by atoms with E-state index in [4.69, 9.17) is 0 Å². The second kappa shape index (κ2) is 4.61. The van der Waals surface area contributed by atoms with Gasteiger partial charge in [0, 0.05) is 13.0 Å². The zero-order chi connectivity index (χ0) is 9.78. The predicted octanol–water partition coefficient (Wildman–Crippen LogP) is 1.94. The van der Waals surface area contributed by atoms with Crippen molar-refractivity contribution in [1.82, 2.24) is 4.90 Å². The Morgan fingerprint density at radius 3 is 2.17 bits per heavy atom. The number of ketones is 1. The third kappa shape index (κ3) is 6.35. The monoisotopic (exact) mass is 171 g/mol. The van der Waals surface area contributed by atoms with Crippen LogP contribution in [0.1, 0.15) is 33.6 Å². The summed E-state index contributed by atoms with van der Waals surface area (Å²) >= 11 is 0. The van der Waals surface area contributed by atoms with Crippen molar-refractivity contribution in [3.8, 4) is 0 Å². The average Bonchev–Trinajstić information content (AvgIpc) is 1.81. The van der Waals surface area contributed by atoms with Gasteiger partial charge in [-0.2, -0.15) is 0 Å². The van der Waals surface area contributed by atoms with Gasteiger partial charge in [-0.3, -0.25) is 0 Å². The van der Waals surface area contributed by atoms with Crippen LogP contribution in [-0.2, 0) is 4.79 Å². The highest BCUT2D eigenvalue weighted by atomic mass is 16.1. The number of rotatable bonds is 5. The maximum atomic E-state index is 10.8. The molecule has 0 bridgehead atoms. The molecule has 0 aromatic rings. The lowest BCUT2D eigenvalue weighted by Crippen LogP contribution is -2.28. The van der Waals surface area contributed by atoms with E-state index in [1.807, 2.05) is 0 Å². The molecule has 0 radical (unpaired) electrons. The minimum atomic E-state index is 0.259. The molecule has 0 heterocycles. The first kappa shape index (κ1) is 11.6. The summed E-state index contributed by atoms with van der Waals surface area (Å²) in [6.45, 7) is 7.11. The van der Waals surface area contributed by atoms with Crippen molar-refractivity contribution in [3.05, 3.63) is 0 Å². The van der Waals surface area contributed by atoms with Gasteiger partial charge in [0.2, 0.25) is 0 Å². The lowest BCUT2D eigenvalue weighted by atomic mass is 9.87. The number of hydrogen-bond acceptors (Lipinski definition) is 2. The minimum Gasteiger partial charge on any atom is -0.309 e. The number of nitrogens with zero attached hydrogens (tertiary/aromatic N) is 1. The van der Waals surface area contributed by atoms with Crippen molar-refractivity contribution in [2.45, 2.75) is 33.6 Å². The molecule has 0 aromatic carbocycles. The Bertz CT molecular complexity index is 150. The Morgan fingerprint density at radius 1 is 1.33 bits per heavy atom. The van der Waals surface area contributed by atoms with Gasteiger partial charge in [0.25, 0.3) is 0 Å². The zero-order valence-electron chi connectivity index (χ0n) is 8.98. The lowest BCUT2D eigenvalue weighted by Gasteiger charge is -2.27. The highest BCUT2D eigenvalue weighted by Gasteiger charge is 2.18. The van der Waals surface area contributed by atoms with Crippen LogP contribution in [0.2, 0.25) is 0 Å². The fourth-order valence-electron chi connectivity index (χ4n) is 1.45. The van der Waals surface area contributed by atoms with Crippen LogP contribution < -0.4 is 0 Å². The van der Waals surface area contributed by atoms with Crippen molar-refractivity contribution < 1.29 is 4.79 Å². The molecule has 0 aliphatic carbocycles. The van der Waals surface area contributed by atoms with Crippen molar-refractivity contribution in [3.63, 3.8) is 0 Å². The van der Waals surface area contributed by atoms with Crippen molar-refractivity contribution in [2.75, 3.05) is 20.6 Å². The molecule has 2 heteroatoms. The SMILES string of the molecule is CC(=O)CCC(C)(C)CN(C)C. The van der Waals surface area contributed by atoms with Gasteiger partial charge in [-0.05, 0) is 32.9 Å². The van der Waals surface area contributed by atoms with E-state index in [1.165, 1.54) is 0 Å². The standard InChI is InChI=1S/C10H21NO/c1-9(12)6-7-10(2,3)8-11(4)5/h6-8H2,1-5H3. The Morgan fingerprint density at radius 2 is 1.83 bits per heavy atom. The molecule has 0 rings (SSSR count). The van der Waals surface area contributed by atoms with Gasteiger partial charge in [0.1, 0.15) is 5.78 Å². The third-order valence-electron chi connectivity index (χ3n) is 1.90. The van der Waals surface area contributed by atoms with Crippen LogP contribution in [0.25, 0.3) is 0 Å². The van der Waals surface area contributed by atoms with Gasteiger partial charge >= 0.3 is 0 Å². The molecule has 0 unspecified atom stereocenters. The van der Waals surface area contributed by atoms with Gasteiger partial charge in [0.05, 0.1) is 0 Å². The molecule has 72 valence electrons. The summed E-state index contributed by atoms with van der Waals surface area (Å²) in [6, 6.07) is 0. The molecule has 0 aliphatic rings. The van der Waals surface area contributed by atoms with E-state index in [1.54, 1.807) is 6.92 Å². The maximum Gasteiger partial charge on any atom is 0.129 e. The molecular formula is C10H21NO. The van der Waals surface area contributed by atoms with Crippen LogP contribution in [0.15, 0.2) is 0 Å². The summed E-state index contributed by atoms with van der Waals surface area (Å²) in [4.78, 5) is 12.9. The number of hydrogen-bond donors (Lipinski definition) is 0. The molecule has 0 aromatic heterocycles. The molecule has 2 nitrogen and oxygen atoms in total. The summed E-state index contributed by atoms with van der Waals surface area (Å²) in [7, 11) is 4.13. The molecule has 0 saturated heterocycles. The molecular weight excluding hydrogens is 150 g/mol. The van der Waals surface area contributed by atoms with Gasteiger partial charge in [-0.25, -0.2) is 0 Å². The Balaban J connectivity index is 3.78. The fraction of sp³-hybridized carbons (Fsp3) is 0.900. The Hall–Kier alpha value is -0.370. The third-order valence-corrected chi connectivity index (χ3v) is 1.90. The van der Waals surface area contributed by atoms with Gasteiger partial charge in [0.15, 0.2) is 0 Å². The van der Waals surface area contributed by atoms with Crippen LogP contribution in [0.4, 0.5) is 0 Å². The van der Waals surface area contributed by atoms with Crippen LogP contribution in [0, 0.1) is 5.41 Å². The Labute approximate surface area is 75.9 Å². The second-order valence-electron chi connectivity index (χ2n) is 4.60. The summed E-state index contributed by atoms with van der Waals surface area (Å²) in [5, 5.41) is 0. The molecule has 0 spiro atoms. The summed E-state index contributed by atoms with van der Waals surface area (Å²) < 4.78 is 0. The van der Waals surface area contributed by atoms with E-state index in [9.17, 15) is 4.79 Å². The minimum absolute atomic E-state index is 0.259. The average molecular weight is 171 g/mol. The molecule has 0 N–H and O–H groups in total. The maximum absolute atomic E-state index is 10.8. The van der Waals surface area contributed by atoms with E-state index < -0.39 is 0 Å². The zero-order valence-corrected chi connectivity index (χ0v) is 8.98. The first-order valence-electron chi connectivity index (χ1n) is 4.48. The molecule has 0 saturated carbocycles. The van der Waals surface area contributed by atoms with E-state index >= 15 is 0 Å². The number of Topliss-reactive ketones (excluding diaryl/α,β-unsaturated/α-hetero) is 1. The predicted molar refractivity (Wildman–Crippen MR) is 52.3 cm³/mol. The topological polar surface area (TPSA) is 20.3 Å². The van der Waals surface area contributed by atoms with Crippen molar-refractivity contribution in [1.29, 1.82) is 0 Å². The lowest BCUT2D eigenvalue weighted by molar-refractivity contribution is -0.117. The van der Waals surface area contributed by atoms with E-state index in [2.05, 4.69) is 32.8 Å². The van der Waals surface area contributed by atoms with Crippen LogP contribution >= 0.6 is 0 Å². The van der Waals surface area contributed by atoms with Crippen LogP contribution in [-0.4, -0.2) is 31.3 Å². The molecule has 0 fully saturated rings. The van der Waals surface area contributed by atoms with Crippen molar-refractivity contribution in [2.24, 2.45) is 5.41 Å². The summed E-state index contributed by atoms with van der Waals surface area (Å²) in [5.41, 5.74) is 0.259. The van der Waals surface area contributed by atoms with Crippen LogP contribution in [0.3, 0.4) is 0 Å². The summed E-state index contributed by atoms with van der Waals surface area (Å²) in [5.74, 6) is 0.293. The molecule has 0 aliphatic heterocycles. The highest BCUT2D eigenvalue weighted by Crippen LogP contribution is 2.22. The Kier molecular flexibility index (Phi) is 4.46. The summed E-state index contributed by atoms with van der Waals surface area (Å²) in [6.07, 6.45) is 1.70. The van der Waals surface area contributed by atoms with Gasteiger partial charge in [-0.1, -0.05) is 13.8 Å². The largest absolute Gasteiger partial charge is 0.309 e. The smallest absolute Gasteiger partial charge is 0.129 e. The molecule has 0 amide bonds. The van der Waals surface area contributed by atoms with E-state index in [-0.39, 0.29) is 5.41 Å². The quantitative estimate of drug-likeness (QED) is 0.630. The highest BCUT2D eigenvalue weighted by molar-refractivity contribution is 5.75.